The summed E-state index contributed by atoms with van der Waals surface area (Å²) < 4.78 is 0. The number of aliphatic carboxylic acids is 1. The lowest BCUT2D eigenvalue weighted by molar-refractivity contribution is -0.141. The van der Waals surface area contributed by atoms with Crippen LogP contribution < -0.4 is 4.90 Å². The van der Waals surface area contributed by atoms with E-state index in [1.165, 1.54) is 0 Å². The molecular weight excluding hydrogens is 473 g/mol. The minimum Gasteiger partial charge on any atom is -0.481 e. The van der Waals surface area contributed by atoms with Crippen molar-refractivity contribution in [1.82, 2.24) is 9.97 Å². The Bertz CT molecular complexity index is 1150. The Balaban J connectivity index is 1.68. The average Bonchev–Trinajstić information content (AvgIpc) is 2.80. The Morgan fingerprint density at radius 2 is 1.62 bits per heavy atom. The number of aromatic nitrogens is 2. The number of ketones is 1. The lowest BCUT2D eigenvalue weighted by Gasteiger charge is -2.26. The van der Waals surface area contributed by atoms with Crippen molar-refractivity contribution in [3.05, 3.63) is 88.2 Å². The predicted octanol–water partition coefficient (Wildman–Crippen LogP) is 6.71. The monoisotopic (exact) mass is 497 g/mol. The van der Waals surface area contributed by atoms with Gasteiger partial charge in [0.2, 0.25) is 5.95 Å². The van der Waals surface area contributed by atoms with Crippen molar-refractivity contribution in [2.45, 2.75) is 32.7 Å². The largest absolute Gasteiger partial charge is 0.481 e. The van der Waals surface area contributed by atoms with Gasteiger partial charge in [0.1, 0.15) is 0 Å². The summed E-state index contributed by atoms with van der Waals surface area (Å²) >= 11 is 12.2. The first-order valence-electron chi connectivity index (χ1n) is 10.8. The van der Waals surface area contributed by atoms with Gasteiger partial charge in [-0.05, 0) is 56.2 Å². The predicted molar refractivity (Wildman–Crippen MR) is 136 cm³/mol. The third-order valence-electron chi connectivity index (χ3n) is 5.21. The van der Waals surface area contributed by atoms with Crippen LogP contribution in [-0.4, -0.2) is 32.9 Å². The topological polar surface area (TPSA) is 83.4 Å². The van der Waals surface area contributed by atoms with Crippen molar-refractivity contribution >= 4 is 52.7 Å². The Labute approximate surface area is 208 Å². The van der Waals surface area contributed by atoms with Crippen LogP contribution in [0.1, 0.15) is 42.6 Å². The van der Waals surface area contributed by atoms with Gasteiger partial charge in [-0.15, -0.1) is 0 Å². The molecule has 1 atom stereocenters. The van der Waals surface area contributed by atoms with Gasteiger partial charge in [-0.3, -0.25) is 9.59 Å². The van der Waals surface area contributed by atoms with Crippen molar-refractivity contribution in [1.29, 1.82) is 0 Å². The fourth-order valence-electron chi connectivity index (χ4n) is 3.54. The summed E-state index contributed by atoms with van der Waals surface area (Å²) in [5.74, 6) is -1.71. The van der Waals surface area contributed by atoms with Gasteiger partial charge in [0.15, 0.2) is 5.78 Å². The first kappa shape index (κ1) is 25.4. The van der Waals surface area contributed by atoms with Crippen molar-refractivity contribution in [3.8, 4) is 0 Å². The molecule has 0 spiro atoms. The molecule has 0 saturated heterocycles. The van der Waals surface area contributed by atoms with E-state index in [9.17, 15) is 14.7 Å². The van der Waals surface area contributed by atoms with E-state index in [1.807, 2.05) is 35.2 Å². The van der Waals surface area contributed by atoms with Crippen LogP contribution in [0, 0.1) is 5.92 Å². The number of benzene rings is 2. The molecule has 0 amide bonds. The molecule has 3 rings (SSSR count). The third kappa shape index (κ3) is 6.43. The molecule has 1 aromatic heterocycles. The zero-order valence-electron chi connectivity index (χ0n) is 18.9. The molecule has 6 nitrogen and oxygen atoms in total. The maximum atomic E-state index is 12.6. The molecule has 3 aromatic rings. The fourth-order valence-corrected chi connectivity index (χ4v) is 4.14. The van der Waals surface area contributed by atoms with E-state index in [0.29, 0.717) is 5.95 Å². The summed E-state index contributed by atoms with van der Waals surface area (Å²) in [6.07, 6.45) is 7.01. The van der Waals surface area contributed by atoms with Gasteiger partial charge in [-0.1, -0.05) is 53.6 Å². The van der Waals surface area contributed by atoms with Crippen LogP contribution in [0.2, 0.25) is 10.0 Å². The molecule has 8 heteroatoms. The van der Waals surface area contributed by atoms with Crippen LogP contribution in [0.4, 0.5) is 11.6 Å². The molecule has 2 aromatic carbocycles. The average molecular weight is 498 g/mol. The number of allylic oxidation sites excluding steroid dienone is 1. The summed E-state index contributed by atoms with van der Waals surface area (Å²) in [5, 5.41) is 10.0. The molecular formula is C26H25Cl2N3O3. The fraction of sp³-hybridized carbons (Fsp3) is 0.231. The smallest absolute Gasteiger partial charge is 0.307 e. The van der Waals surface area contributed by atoms with E-state index >= 15 is 0 Å². The van der Waals surface area contributed by atoms with Crippen LogP contribution in [0.15, 0.2) is 67.0 Å². The molecule has 0 fully saturated rings. The highest BCUT2D eigenvalue weighted by Gasteiger charge is 2.23. The van der Waals surface area contributed by atoms with Crippen LogP contribution in [0.5, 0.6) is 0 Å². The number of hydrogen-bond donors (Lipinski definition) is 1. The van der Waals surface area contributed by atoms with Gasteiger partial charge < -0.3 is 10.0 Å². The minimum absolute atomic E-state index is 0.157. The maximum absolute atomic E-state index is 12.6. The number of rotatable bonds is 10. The van der Waals surface area contributed by atoms with E-state index in [2.05, 4.69) is 23.8 Å². The number of carbonyl (C=O) groups excluding carboxylic acids is 1. The maximum Gasteiger partial charge on any atom is 0.307 e. The molecule has 0 aliphatic rings. The molecule has 0 saturated carbocycles. The van der Waals surface area contributed by atoms with Gasteiger partial charge >= 0.3 is 5.97 Å². The van der Waals surface area contributed by atoms with Crippen molar-refractivity contribution in [2.75, 3.05) is 4.90 Å². The molecule has 34 heavy (non-hydrogen) atoms. The number of carboxylic acid groups (broad SMARTS) is 1. The van der Waals surface area contributed by atoms with Gasteiger partial charge in [-0.2, -0.15) is 0 Å². The Kier molecular flexibility index (Phi) is 8.79. The summed E-state index contributed by atoms with van der Waals surface area (Å²) in [5.41, 5.74) is 2.02. The number of nitrogens with zero attached hydrogens (tertiary/aromatic N) is 3. The first-order chi connectivity index (χ1) is 16.3. The Morgan fingerprint density at radius 3 is 2.18 bits per heavy atom. The molecule has 0 aliphatic heterocycles. The summed E-state index contributed by atoms with van der Waals surface area (Å²) in [7, 11) is 0. The van der Waals surface area contributed by atoms with Crippen LogP contribution in [-0.2, 0) is 4.79 Å². The number of carboxylic acids is 1. The molecule has 176 valence electrons. The first-order valence-corrected chi connectivity index (χ1v) is 11.6. The van der Waals surface area contributed by atoms with Crippen LogP contribution in [0.25, 0.3) is 6.08 Å². The van der Waals surface area contributed by atoms with Gasteiger partial charge in [-0.25, -0.2) is 9.97 Å². The second kappa shape index (κ2) is 11.8. The Morgan fingerprint density at radius 1 is 1.00 bits per heavy atom. The number of carbonyl (C=O) groups is 2. The van der Waals surface area contributed by atoms with Crippen molar-refractivity contribution in [2.24, 2.45) is 5.92 Å². The van der Waals surface area contributed by atoms with Crippen molar-refractivity contribution in [3.63, 3.8) is 0 Å². The number of halogens is 2. The SMILES string of the molecule is CC(C)N(c1ccc(/C=C/C[C@H](CC(=O)c2c(Cl)cccc2Cl)C(=O)O)cc1)c1ncccn1. The van der Waals surface area contributed by atoms with E-state index < -0.39 is 17.7 Å². The lowest BCUT2D eigenvalue weighted by Crippen LogP contribution is -2.27. The molecule has 1 heterocycles. The number of anilines is 2. The van der Waals surface area contributed by atoms with Gasteiger partial charge in [0, 0.05) is 30.5 Å². The second-order valence-electron chi connectivity index (χ2n) is 8.00. The Hall–Kier alpha value is -3.22. The highest BCUT2D eigenvalue weighted by Crippen LogP contribution is 2.28. The summed E-state index contributed by atoms with van der Waals surface area (Å²) in [4.78, 5) is 35.1. The molecule has 0 bridgehead atoms. The molecule has 1 N–H and O–H groups in total. The zero-order valence-corrected chi connectivity index (χ0v) is 20.4. The van der Waals surface area contributed by atoms with Crippen molar-refractivity contribution < 1.29 is 14.7 Å². The lowest BCUT2D eigenvalue weighted by atomic mass is 9.95. The molecule has 0 radical (unpaired) electrons. The van der Waals surface area contributed by atoms with Crippen LogP contribution >= 0.6 is 23.2 Å². The zero-order chi connectivity index (χ0) is 24.7. The van der Waals surface area contributed by atoms with Gasteiger partial charge in [0.05, 0.1) is 21.5 Å². The van der Waals surface area contributed by atoms with E-state index in [0.717, 1.165) is 11.3 Å². The van der Waals surface area contributed by atoms with Crippen LogP contribution in [0.3, 0.4) is 0 Å². The number of hydrogen-bond acceptors (Lipinski definition) is 5. The normalized spacial score (nSPS) is 12.1. The minimum atomic E-state index is -1.05. The van der Waals surface area contributed by atoms with Gasteiger partial charge in [0.25, 0.3) is 0 Å². The molecule has 0 unspecified atom stereocenters. The third-order valence-corrected chi connectivity index (χ3v) is 5.84. The summed E-state index contributed by atoms with van der Waals surface area (Å²) in [6, 6.07) is 14.5. The van der Waals surface area contributed by atoms with E-state index in [4.69, 9.17) is 23.2 Å². The number of Topliss-reactive ketones (excluding diaryl/α,β-unsaturated/α-hetero) is 1. The standard InChI is InChI=1S/C26H25Cl2N3O3/c1-17(2)31(26-29-14-5-15-30-26)20-12-10-18(11-13-20)6-3-7-19(25(33)34)16-23(32)24-21(27)8-4-9-22(24)28/h3-6,8-15,17,19H,7,16H2,1-2H3,(H,33,34)/b6-3+/t19-/m1/s1. The highest BCUT2D eigenvalue weighted by atomic mass is 35.5. The van der Waals surface area contributed by atoms with E-state index in [-0.39, 0.29) is 34.5 Å². The summed E-state index contributed by atoms with van der Waals surface area (Å²) in [6.45, 7) is 4.13. The molecule has 0 aliphatic carbocycles. The van der Waals surface area contributed by atoms with E-state index in [1.54, 1.807) is 42.7 Å². The highest BCUT2D eigenvalue weighted by molar-refractivity contribution is 6.39. The quantitative estimate of drug-likeness (QED) is 0.313. The second-order valence-corrected chi connectivity index (χ2v) is 8.82.